The Morgan fingerprint density at radius 2 is 2.09 bits per heavy atom. The number of fused-ring (bicyclic) bond motifs is 1. The van der Waals surface area contributed by atoms with Gasteiger partial charge in [0.25, 0.3) is 0 Å². The first kappa shape index (κ1) is 23.9. The van der Waals surface area contributed by atoms with Crippen LogP contribution in [0.2, 0.25) is 0 Å². The highest BCUT2D eigenvalue weighted by atomic mass is 79.9. The third-order valence-corrected chi connectivity index (χ3v) is 5.78. The van der Waals surface area contributed by atoms with Gasteiger partial charge >= 0.3 is 0 Å². The summed E-state index contributed by atoms with van der Waals surface area (Å²) in [7, 11) is 1.77. The molecule has 0 spiro atoms. The molecule has 1 aliphatic rings. The molecule has 2 aromatic rings. The van der Waals surface area contributed by atoms with E-state index in [1.807, 2.05) is 19.9 Å². The molecule has 0 saturated heterocycles. The number of hydrogen-bond acceptors (Lipinski definition) is 5. The third kappa shape index (κ3) is 5.91. The number of hydrogen-bond donors (Lipinski definition) is 0. The highest BCUT2D eigenvalue weighted by Crippen LogP contribution is 2.29. The van der Waals surface area contributed by atoms with Gasteiger partial charge in [-0.25, -0.2) is 5.01 Å². The van der Waals surface area contributed by atoms with Crippen molar-refractivity contribution in [3.8, 4) is 0 Å². The summed E-state index contributed by atoms with van der Waals surface area (Å²) in [5, 5.41) is 11.8. The van der Waals surface area contributed by atoms with Gasteiger partial charge in [-0.1, -0.05) is 31.3 Å². The number of amidine groups is 1. The zero-order valence-corrected chi connectivity index (χ0v) is 20.8. The Hall–Kier alpha value is -2.80. The van der Waals surface area contributed by atoms with Crippen molar-refractivity contribution in [2.24, 2.45) is 21.2 Å². The van der Waals surface area contributed by atoms with Crippen LogP contribution in [0.15, 0.2) is 75.1 Å². The number of nitrogens with zero attached hydrogens (tertiary/aromatic N) is 5. The molecule has 1 aromatic carbocycles. The average Bonchev–Trinajstić information content (AvgIpc) is 3.59. The SMILES string of the molecule is C=CC(=NN(C(=C)C)C(=NC)C(C)c1ccc2ncc(Br)cc2c1)C(C)=NOCC1CC1. The van der Waals surface area contributed by atoms with Gasteiger partial charge in [0, 0.05) is 34.7 Å². The van der Waals surface area contributed by atoms with Crippen molar-refractivity contribution in [1.82, 2.24) is 9.99 Å². The molecule has 0 radical (unpaired) electrons. The maximum absolute atomic E-state index is 5.48. The number of hydrazone groups is 1. The predicted molar refractivity (Wildman–Crippen MR) is 137 cm³/mol. The minimum Gasteiger partial charge on any atom is -0.395 e. The second-order valence-corrected chi connectivity index (χ2v) is 8.98. The molecule has 32 heavy (non-hydrogen) atoms. The minimum absolute atomic E-state index is 0.0294. The number of rotatable bonds is 9. The van der Waals surface area contributed by atoms with Crippen LogP contribution >= 0.6 is 15.9 Å². The fraction of sp³-hybridized carbons (Fsp3) is 0.360. The quantitative estimate of drug-likeness (QED) is 0.232. The van der Waals surface area contributed by atoms with Crippen molar-refractivity contribution < 1.29 is 4.84 Å². The molecule has 1 saturated carbocycles. The van der Waals surface area contributed by atoms with Gasteiger partial charge in [0.1, 0.15) is 23.9 Å². The number of allylic oxidation sites excluding steroid dienone is 2. The smallest absolute Gasteiger partial charge is 0.132 e. The summed E-state index contributed by atoms with van der Waals surface area (Å²) < 4.78 is 0.946. The number of aliphatic imine (C=N–C) groups is 1. The summed E-state index contributed by atoms with van der Waals surface area (Å²) in [6, 6.07) is 8.30. The van der Waals surface area contributed by atoms with E-state index in [0.717, 1.165) is 32.5 Å². The van der Waals surface area contributed by atoms with Gasteiger partial charge in [-0.15, -0.1) is 0 Å². The molecule has 6 nitrogen and oxygen atoms in total. The Morgan fingerprint density at radius 1 is 1.34 bits per heavy atom. The van der Waals surface area contributed by atoms with Gasteiger partial charge in [-0.05, 0) is 78.4 Å². The second kappa shape index (κ2) is 10.7. The predicted octanol–water partition coefficient (Wildman–Crippen LogP) is 6.31. The van der Waals surface area contributed by atoms with Gasteiger partial charge in [0.15, 0.2) is 0 Å². The molecule has 0 aliphatic heterocycles. The molecule has 0 bridgehead atoms. The van der Waals surface area contributed by atoms with Crippen LogP contribution < -0.4 is 0 Å². The molecule has 0 amide bonds. The van der Waals surface area contributed by atoms with E-state index in [-0.39, 0.29) is 5.92 Å². The van der Waals surface area contributed by atoms with Crippen molar-refractivity contribution in [3.05, 3.63) is 65.4 Å². The Balaban J connectivity index is 1.89. The lowest BCUT2D eigenvalue weighted by molar-refractivity contribution is 0.134. The van der Waals surface area contributed by atoms with E-state index < -0.39 is 0 Å². The molecule has 1 heterocycles. The third-order valence-electron chi connectivity index (χ3n) is 5.35. The molecular formula is C25H30BrN5O. The van der Waals surface area contributed by atoms with Gasteiger partial charge < -0.3 is 4.84 Å². The van der Waals surface area contributed by atoms with Gasteiger partial charge in [-0.3, -0.25) is 9.98 Å². The number of pyridine rings is 1. The van der Waals surface area contributed by atoms with Crippen LogP contribution in [0, 0.1) is 5.92 Å². The Kier molecular flexibility index (Phi) is 7.96. The standard InChI is InChI=1S/C25H30BrN5O/c1-7-23(18(5)30-32-15-19-8-9-19)29-31(16(2)3)25(27-6)17(4)20-10-11-24-21(12-20)13-22(26)14-28-24/h7,10-14,17,19H,1-2,8-9,15H2,3-6H3. The summed E-state index contributed by atoms with van der Waals surface area (Å²) >= 11 is 3.50. The highest BCUT2D eigenvalue weighted by molar-refractivity contribution is 9.10. The van der Waals surface area contributed by atoms with Crippen molar-refractivity contribution in [2.75, 3.05) is 13.7 Å². The molecule has 1 unspecified atom stereocenters. The van der Waals surface area contributed by atoms with E-state index in [1.165, 1.54) is 12.8 Å². The summed E-state index contributed by atoms with van der Waals surface area (Å²) in [5.74, 6) is 1.38. The van der Waals surface area contributed by atoms with E-state index in [0.29, 0.717) is 23.9 Å². The van der Waals surface area contributed by atoms with Gasteiger partial charge in [0.2, 0.25) is 0 Å². The summed E-state index contributed by atoms with van der Waals surface area (Å²) in [6.07, 6.45) is 5.91. The molecule has 0 N–H and O–H groups in total. The van der Waals surface area contributed by atoms with Crippen LogP contribution in [0.3, 0.4) is 0 Å². The fourth-order valence-electron chi connectivity index (χ4n) is 3.28. The second-order valence-electron chi connectivity index (χ2n) is 8.06. The molecular weight excluding hydrogens is 466 g/mol. The first-order valence-corrected chi connectivity index (χ1v) is 11.5. The van der Waals surface area contributed by atoms with Crippen LogP contribution in [0.25, 0.3) is 10.9 Å². The fourth-order valence-corrected chi connectivity index (χ4v) is 3.63. The van der Waals surface area contributed by atoms with E-state index in [4.69, 9.17) is 9.94 Å². The first-order valence-electron chi connectivity index (χ1n) is 10.7. The molecule has 1 aliphatic carbocycles. The molecule has 7 heteroatoms. The van der Waals surface area contributed by atoms with Crippen LogP contribution in [0.5, 0.6) is 0 Å². The average molecular weight is 496 g/mol. The summed E-state index contributed by atoms with van der Waals surface area (Å²) in [4.78, 5) is 14.5. The van der Waals surface area contributed by atoms with E-state index in [1.54, 1.807) is 24.3 Å². The van der Waals surface area contributed by atoms with Crippen molar-refractivity contribution >= 4 is 44.1 Å². The van der Waals surface area contributed by atoms with Crippen molar-refractivity contribution in [1.29, 1.82) is 0 Å². The van der Waals surface area contributed by atoms with Crippen LogP contribution in [0.1, 0.15) is 45.1 Å². The maximum atomic E-state index is 5.48. The van der Waals surface area contributed by atoms with E-state index >= 15 is 0 Å². The lowest BCUT2D eigenvalue weighted by Crippen LogP contribution is -2.30. The first-order chi connectivity index (χ1) is 15.3. The van der Waals surface area contributed by atoms with Crippen LogP contribution in [-0.2, 0) is 4.84 Å². The lowest BCUT2D eigenvalue weighted by atomic mass is 9.97. The highest BCUT2D eigenvalue weighted by Gasteiger charge is 2.23. The monoisotopic (exact) mass is 495 g/mol. The molecule has 1 atom stereocenters. The topological polar surface area (TPSA) is 62.4 Å². The zero-order chi connectivity index (χ0) is 23.3. The molecule has 168 valence electrons. The Bertz CT molecular complexity index is 1100. The number of halogens is 1. The number of aromatic nitrogens is 1. The molecule has 1 fully saturated rings. The number of benzene rings is 1. The molecule has 1 aromatic heterocycles. The molecule has 3 rings (SSSR count). The maximum Gasteiger partial charge on any atom is 0.132 e. The largest absolute Gasteiger partial charge is 0.395 e. The zero-order valence-electron chi connectivity index (χ0n) is 19.2. The van der Waals surface area contributed by atoms with E-state index in [2.05, 4.69) is 69.3 Å². The summed E-state index contributed by atoms with van der Waals surface area (Å²) in [5.41, 5.74) is 4.08. The van der Waals surface area contributed by atoms with Crippen molar-refractivity contribution in [2.45, 2.75) is 39.5 Å². The van der Waals surface area contributed by atoms with Crippen LogP contribution in [-0.4, -0.2) is 40.9 Å². The van der Waals surface area contributed by atoms with Crippen molar-refractivity contribution in [3.63, 3.8) is 0 Å². The van der Waals surface area contributed by atoms with E-state index in [9.17, 15) is 0 Å². The Labute approximate surface area is 198 Å². The minimum atomic E-state index is -0.0294. The lowest BCUT2D eigenvalue weighted by Gasteiger charge is -2.26. The Morgan fingerprint density at radius 3 is 2.72 bits per heavy atom. The normalized spacial score (nSPS) is 16.1. The van der Waals surface area contributed by atoms with Crippen LogP contribution in [0.4, 0.5) is 0 Å². The van der Waals surface area contributed by atoms with Gasteiger partial charge in [0.05, 0.1) is 5.52 Å². The number of oxime groups is 1. The summed E-state index contributed by atoms with van der Waals surface area (Å²) in [6.45, 7) is 14.5. The van der Waals surface area contributed by atoms with Gasteiger partial charge in [-0.2, -0.15) is 5.10 Å².